The molecule has 1 aliphatic heterocycles. The molecule has 32 heavy (non-hydrogen) atoms. The number of amides is 1. The Morgan fingerprint density at radius 2 is 1.88 bits per heavy atom. The van der Waals surface area contributed by atoms with Crippen molar-refractivity contribution in [3.63, 3.8) is 0 Å². The molecule has 2 heterocycles. The first-order valence-corrected chi connectivity index (χ1v) is 10.9. The van der Waals surface area contributed by atoms with Gasteiger partial charge in [0, 0.05) is 25.7 Å². The Bertz CT molecular complexity index is 1150. The van der Waals surface area contributed by atoms with Gasteiger partial charge in [-0.1, -0.05) is 24.3 Å². The van der Waals surface area contributed by atoms with E-state index in [4.69, 9.17) is 15.0 Å². The zero-order chi connectivity index (χ0) is 22.9. The second-order valence-corrected chi connectivity index (χ2v) is 9.26. The van der Waals surface area contributed by atoms with Gasteiger partial charge in [-0.3, -0.25) is 0 Å². The fourth-order valence-corrected chi connectivity index (χ4v) is 4.06. The molecule has 1 aromatic heterocycles. The molecule has 7 nitrogen and oxygen atoms in total. The molecular weight excluding hydrogens is 402 g/mol. The van der Waals surface area contributed by atoms with Crippen molar-refractivity contribution in [2.24, 2.45) is 0 Å². The number of rotatable bonds is 3. The summed E-state index contributed by atoms with van der Waals surface area (Å²) in [5, 5.41) is 9.08. The number of anilines is 1. The third kappa shape index (κ3) is 4.54. The van der Waals surface area contributed by atoms with Gasteiger partial charge >= 0.3 is 6.09 Å². The summed E-state index contributed by atoms with van der Waals surface area (Å²) < 4.78 is 7.80. The standard InChI is InChI=1S/C25H29N5O2/c1-18-16-28(13-14-29(18)24(31)32-25(2,3)4)23-27-21-7-5-6-8-22(21)30(23)17-20-11-9-19(15-26)10-12-20/h5-12,18H,13-14,16-17H2,1-4H3. The number of benzene rings is 2. The first kappa shape index (κ1) is 21.7. The number of aromatic nitrogens is 2. The number of nitrogens with zero attached hydrogens (tertiary/aromatic N) is 5. The van der Waals surface area contributed by atoms with Crippen LogP contribution in [0.25, 0.3) is 11.0 Å². The quantitative estimate of drug-likeness (QED) is 0.614. The van der Waals surface area contributed by atoms with Crippen LogP contribution >= 0.6 is 0 Å². The molecule has 0 saturated carbocycles. The topological polar surface area (TPSA) is 74.4 Å². The van der Waals surface area contributed by atoms with Crippen molar-refractivity contribution in [1.29, 1.82) is 5.26 Å². The van der Waals surface area contributed by atoms with Crippen molar-refractivity contribution in [1.82, 2.24) is 14.5 Å². The Labute approximate surface area is 188 Å². The minimum Gasteiger partial charge on any atom is -0.444 e. The fraction of sp³-hybridized carbons (Fsp3) is 0.400. The number of fused-ring (bicyclic) bond motifs is 1. The third-order valence-corrected chi connectivity index (χ3v) is 5.60. The maximum absolute atomic E-state index is 12.6. The number of ether oxygens (including phenoxy) is 1. The number of para-hydroxylation sites is 2. The van der Waals surface area contributed by atoms with Gasteiger partial charge in [-0.2, -0.15) is 5.26 Å². The van der Waals surface area contributed by atoms with Gasteiger partial charge in [0.15, 0.2) is 0 Å². The number of hydrogen-bond acceptors (Lipinski definition) is 5. The summed E-state index contributed by atoms with van der Waals surface area (Å²) in [6.45, 7) is 10.3. The van der Waals surface area contributed by atoms with Gasteiger partial charge in [0.2, 0.25) is 5.95 Å². The van der Waals surface area contributed by atoms with Crippen molar-refractivity contribution in [2.75, 3.05) is 24.5 Å². The number of piperazine rings is 1. The summed E-state index contributed by atoms with van der Waals surface area (Å²) in [6, 6.07) is 17.9. The van der Waals surface area contributed by atoms with E-state index in [-0.39, 0.29) is 12.1 Å². The molecule has 0 N–H and O–H groups in total. The molecule has 0 spiro atoms. The molecule has 1 amide bonds. The van der Waals surface area contributed by atoms with Gasteiger partial charge in [-0.25, -0.2) is 9.78 Å². The van der Waals surface area contributed by atoms with Crippen LogP contribution in [0.15, 0.2) is 48.5 Å². The normalized spacial score (nSPS) is 16.8. The van der Waals surface area contributed by atoms with Crippen LogP contribution in [-0.2, 0) is 11.3 Å². The number of imidazole rings is 1. The second kappa shape index (κ2) is 8.54. The van der Waals surface area contributed by atoms with Crippen molar-refractivity contribution < 1.29 is 9.53 Å². The molecule has 1 fully saturated rings. The van der Waals surface area contributed by atoms with E-state index in [1.165, 1.54) is 0 Å². The van der Waals surface area contributed by atoms with Gasteiger partial charge in [0.1, 0.15) is 5.60 Å². The maximum atomic E-state index is 12.6. The summed E-state index contributed by atoms with van der Waals surface area (Å²) >= 11 is 0. The fourth-order valence-electron chi connectivity index (χ4n) is 4.06. The minimum atomic E-state index is -0.511. The Morgan fingerprint density at radius 1 is 1.16 bits per heavy atom. The highest BCUT2D eigenvalue weighted by molar-refractivity contribution is 5.79. The first-order chi connectivity index (χ1) is 15.2. The first-order valence-electron chi connectivity index (χ1n) is 10.9. The van der Waals surface area contributed by atoms with E-state index in [2.05, 4.69) is 21.6 Å². The molecule has 1 saturated heterocycles. The Kier molecular flexibility index (Phi) is 5.79. The average Bonchev–Trinajstić information content (AvgIpc) is 3.11. The van der Waals surface area contributed by atoms with E-state index < -0.39 is 5.60 Å². The predicted octanol–water partition coefficient (Wildman–Crippen LogP) is 4.40. The lowest BCUT2D eigenvalue weighted by Crippen LogP contribution is -2.55. The van der Waals surface area contributed by atoms with Gasteiger partial charge < -0.3 is 19.1 Å². The van der Waals surface area contributed by atoms with E-state index in [0.29, 0.717) is 31.7 Å². The molecule has 7 heteroatoms. The summed E-state index contributed by atoms with van der Waals surface area (Å²) in [5.74, 6) is 0.895. The van der Waals surface area contributed by atoms with Crippen LogP contribution in [0.4, 0.5) is 10.7 Å². The molecule has 166 valence electrons. The van der Waals surface area contributed by atoms with Gasteiger partial charge in [0.05, 0.1) is 29.2 Å². The molecule has 1 unspecified atom stereocenters. The lowest BCUT2D eigenvalue weighted by molar-refractivity contribution is 0.0158. The van der Waals surface area contributed by atoms with Crippen LogP contribution in [-0.4, -0.2) is 51.8 Å². The van der Waals surface area contributed by atoms with Crippen LogP contribution in [0.3, 0.4) is 0 Å². The third-order valence-electron chi connectivity index (χ3n) is 5.60. The molecule has 0 aliphatic carbocycles. The zero-order valence-corrected chi connectivity index (χ0v) is 19.1. The average molecular weight is 432 g/mol. The van der Waals surface area contributed by atoms with E-state index in [1.54, 1.807) is 4.90 Å². The summed E-state index contributed by atoms with van der Waals surface area (Å²) in [5.41, 5.74) is 3.25. The SMILES string of the molecule is CC1CN(c2nc3ccccc3n2Cc2ccc(C#N)cc2)CCN1C(=O)OC(C)(C)C. The van der Waals surface area contributed by atoms with Crippen molar-refractivity contribution in [3.05, 3.63) is 59.7 Å². The van der Waals surface area contributed by atoms with Crippen LogP contribution in [0.1, 0.15) is 38.8 Å². The number of carbonyl (C=O) groups is 1. The molecule has 0 radical (unpaired) electrons. The molecule has 0 bridgehead atoms. The van der Waals surface area contributed by atoms with Crippen molar-refractivity contribution in [3.8, 4) is 6.07 Å². The smallest absolute Gasteiger partial charge is 0.410 e. The van der Waals surface area contributed by atoms with Crippen molar-refractivity contribution in [2.45, 2.75) is 45.9 Å². The lowest BCUT2D eigenvalue weighted by Gasteiger charge is -2.40. The molecule has 1 aliphatic rings. The van der Waals surface area contributed by atoms with E-state index in [1.807, 2.05) is 70.2 Å². The monoisotopic (exact) mass is 431 g/mol. The molecular formula is C25H29N5O2. The maximum Gasteiger partial charge on any atom is 0.410 e. The number of hydrogen-bond donors (Lipinski definition) is 0. The van der Waals surface area contributed by atoms with Crippen LogP contribution in [0.5, 0.6) is 0 Å². The lowest BCUT2D eigenvalue weighted by atomic mass is 10.1. The summed E-state index contributed by atoms with van der Waals surface area (Å²) in [6.07, 6.45) is -0.268. The predicted molar refractivity (Wildman–Crippen MR) is 125 cm³/mol. The van der Waals surface area contributed by atoms with E-state index >= 15 is 0 Å². The summed E-state index contributed by atoms with van der Waals surface area (Å²) in [7, 11) is 0. The molecule has 3 aromatic rings. The van der Waals surface area contributed by atoms with Gasteiger partial charge in [-0.15, -0.1) is 0 Å². The highest BCUT2D eigenvalue weighted by Crippen LogP contribution is 2.27. The minimum absolute atomic E-state index is 0.00164. The molecule has 4 rings (SSSR count). The largest absolute Gasteiger partial charge is 0.444 e. The van der Waals surface area contributed by atoms with Crippen LogP contribution in [0, 0.1) is 11.3 Å². The Morgan fingerprint density at radius 3 is 2.53 bits per heavy atom. The van der Waals surface area contributed by atoms with Crippen molar-refractivity contribution >= 4 is 23.1 Å². The number of carbonyl (C=O) groups excluding carboxylic acids is 1. The van der Waals surface area contributed by atoms with Gasteiger partial charge in [0.25, 0.3) is 0 Å². The molecule has 1 atom stereocenters. The van der Waals surface area contributed by atoms with Crippen LogP contribution in [0.2, 0.25) is 0 Å². The van der Waals surface area contributed by atoms with E-state index in [9.17, 15) is 4.79 Å². The van der Waals surface area contributed by atoms with E-state index in [0.717, 1.165) is 22.5 Å². The highest BCUT2D eigenvalue weighted by Gasteiger charge is 2.32. The Hall–Kier alpha value is -3.53. The number of nitriles is 1. The van der Waals surface area contributed by atoms with Crippen LogP contribution < -0.4 is 4.90 Å². The van der Waals surface area contributed by atoms with Gasteiger partial charge in [-0.05, 0) is 57.5 Å². The second-order valence-electron chi connectivity index (χ2n) is 9.26. The molecule has 2 aromatic carbocycles. The Balaban J connectivity index is 1.60. The highest BCUT2D eigenvalue weighted by atomic mass is 16.6. The summed E-state index contributed by atoms with van der Waals surface area (Å²) in [4.78, 5) is 21.6. The zero-order valence-electron chi connectivity index (χ0n) is 19.1.